The third-order valence-corrected chi connectivity index (χ3v) is 4.00. The van der Waals surface area contributed by atoms with Gasteiger partial charge in [0.2, 0.25) is 0 Å². The summed E-state index contributed by atoms with van der Waals surface area (Å²) in [6.45, 7) is 9.51. The Balaban J connectivity index is 2.37. The highest BCUT2D eigenvalue weighted by atomic mass is 16.5. The van der Waals surface area contributed by atoms with E-state index in [-0.39, 0.29) is 12.2 Å². The summed E-state index contributed by atoms with van der Waals surface area (Å²) >= 11 is 0. The average Bonchev–Trinajstić information content (AvgIpc) is 2.71. The second-order valence-corrected chi connectivity index (χ2v) is 5.82. The molecule has 0 aliphatic carbocycles. The van der Waals surface area contributed by atoms with Crippen LogP contribution in [0.2, 0.25) is 0 Å². The highest BCUT2D eigenvalue weighted by molar-refractivity contribution is 5.93. The van der Waals surface area contributed by atoms with Gasteiger partial charge in [-0.1, -0.05) is 0 Å². The number of esters is 1. The van der Waals surface area contributed by atoms with E-state index >= 15 is 0 Å². The average molecular weight is 389 g/mol. The quantitative estimate of drug-likeness (QED) is 0.391. The van der Waals surface area contributed by atoms with Crippen LogP contribution in [0.1, 0.15) is 20.8 Å². The lowest BCUT2D eigenvalue weighted by Gasteiger charge is -2.31. The third kappa shape index (κ3) is 5.54. The van der Waals surface area contributed by atoms with Gasteiger partial charge in [-0.2, -0.15) is 5.26 Å². The number of nitrogens with one attached hydrogen (secondary N) is 1. The van der Waals surface area contributed by atoms with E-state index in [1.54, 1.807) is 6.92 Å². The highest BCUT2D eigenvalue weighted by Crippen LogP contribution is 2.39. The molecule has 0 radical (unpaired) electrons. The molecule has 1 aromatic rings. The largest absolute Gasteiger partial charge is 0.492 e. The van der Waals surface area contributed by atoms with E-state index in [4.69, 9.17) is 18.9 Å². The minimum Gasteiger partial charge on any atom is -0.492 e. The molecule has 1 aliphatic heterocycles. The van der Waals surface area contributed by atoms with Gasteiger partial charge in [-0.25, -0.2) is 4.79 Å². The van der Waals surface area contributed by atoms with E-state index < -0.39 is 5.97 Å². The summed E-state index contributed by atoms with van der Waals surface area (Å²) in [5, 5.41) is 12.2. The number of anilines is 2. The summed E-state index contributed by atoms with van der Waals surface area (Å²) < 4.78 is 21.9. The normalized spacial score (nSPS) is 14.2. The van der Waals surface area contributed by atoms with Gasteiger partial charge in [-0.05, 0) is 20.8 Å². The van der Waals surface area contributed by atoms with Gasteiger partial charge in [-0.15, -0.1) is 0 Å². The van der Waals surface area contributed by atoms with Gasteiger partial charge >= 0.3 is 5.97 Å². The maximum atomic E-state index is 11.8. The predicted octanol–water partition coefficient (Wildman–Crippen LogP) is 2.70. The Morgan fingerprint density at radius 3 is 2.46 bits per heavy atom. The van der Waals surface area contributed by atoms with Crippen LogP contribution in [-0.2, 0) is 14.3 Å². The van der Waals surface area contributed by atoms with Crippen molar-refractivity contribution >= 4 is 17.3 Å². The topological polar surface area (TPSA) is 93.1 Å². The summed E-state index contributed by atoms with van der Waals surface area (Å²) in [6, 6.07) is 5.57. The first-order chi connectivity index (χ1) is 13.6. The van der Waals surface area contributed by atoms with E-state index in [2.05, 4.69) is 10.2 Å². The molecule has 2 rings (SSSR count). The zero-order chi connectivity index (χ0) is 20.4. The first kappa shape index (κ1) is 21.4. The molecule has 0 spiro atoms. The molecule has 28 heavy (non-hydrogen) atoms. The van der Waals surface area contributed by atoms with Crippen LogP contribution >= 0.6 is 0 Å². The number of morpholine rings is 1. The molecule has 0 atom stereocenters. The zero-order valence-corrected chi connectivity index (χ0v) is 16.6. The summed E-state index contributed by atoms with van der Waals surface area (Å²) in [4.78, 5) is 14.0. The fourth-order valence-corrected chi connectivity index (χ4v) is 2.76. The summed E-state index contributed by atoms with van der Waals surface area (Å²) in [7, 11) is 0. The van der Waals surface area contributed by atoms with Crippen molar-refractivity contribution in [1.29, 1.82) is 5.26 Å². The molecular formula is C20H27N3O5. The Kier molecular flexibility index (Phi) is 8.43. The summed E-state index contributed by atoms with van der Waals surface area (Å²) in [6.07, 6.45) is 1.32. The number of ether oxygens (including phenoxy) is 4. The van der Waals surface area contributed by atoms with Crippen LogP contribution in [0, 0.1) is 11.3 Å². The van der Waals surface area contributed by atoms with Crippen LogP contribution in [0.3, 0.4) is 0 Å². The lowest BCUT2D eigenvalue weighted by Crippen LogP contribution is -2.36. The predicted molar refractivity (Wildman–Crippen MR) is 106 cm³/mol. The van der Waals surface area contributed by atoms with Gasteiger partial charge in [0.25, 0.3) is 0 Å². The number of hydrogen-bond donors (Lipinski definition) is 1. The minimum absolute atomic E-state index is 0.125. The molecule has 8 heteroatoms. The van der Waals surface area contributed by atoms with Gasteiger partial charge in [0.05, 0.1) is 44.4 Å². The van der Waals surface area contributed by atoms with E-state index in [0.29, 0.717) is 43.6 Å². The van der Waals surface area contributed by atoms with Crippen molar-refractivity contribution < 1.29 is 23.7 Å². The van der Waals surface area contributed by atoms with Crippen LogP contribution < -0.4 is 19.7 Å². The maximum absolute atomic E-state index is 11.8. The van der Waals surface area contributed by atoms with Crippen molar-refractivity contribution in [3.8, 4) is 17.6 Å². The Morgan fingerprint density at radius 1 is 1.18 bits per heavy atom. The Bertz CT molecular complexity index is 736. The van der Waals surface area contributed by atoms with Crippen LogP contribution in [0.4, 0.5) is 11.4 Å². The lowest BCUT2D eigenvalue weighted by atomic mass is 10.2. The van der Waals surface area contributed by atoms with Gasteiger partial charge in [0, 0.05) is 31.4 Å². The van der Waals surface area contributed by atoms with Crippen LogP contribution in [0.5, 0.6) is 11.5 Å². The molecular weight excluding hydrogens is 362 g/mol. The Morgan fingerprint density at radius 2 is 1.86 bits per heavy atom. The number of carbonyl (C=O) groups excluding carboxylic acids is 1. The molecule has 1 saturated heterocycles. The van der Waals surface area contributed by atoms with Gasteiger partial charge in [-0.3, -0.25) is 0 Å². The number of benzene rings is 1. The van der Waals surface area contributed by atoms with Crippen LogP contribution in [0.25, 0.3) is 0 Å². The van der Waals surface area contributed by atoms with Crippen molar-refractivity contribution in [3.63, 3.8) is 0 Å². The third-order valence-electron chi connectivity index (χ3n) is 4.00. The molecule has 0 saturated carbocycles. The fourth-order valence-electron chi connectivity index (χ4n) is 2.76. The first-order valence-electron chi connectivity index (χ1n) is 9.44. The summed E-state index contributed by atoms with van der Waals surface area (Å²) in [5.41, 5.74) is 1.40. The van der Waals surface area contributed by atoms with Gasteiger partial charge in [0.1, 0.15) is 17.6 Å². The zero-order valence-electron chi connectivity index (χ0n) is 16.6. The molecule has 1 N–H and O–H groups in total. The van der Waals surface area contributed by atoms with E-state index in [1.165, 1.54) is 6.20 Å². The number of hydrogen-bond acceptors (Lipinski definition) is 8. The first-order valence-corrected chi connectivity index (χ1v) is 9.44. The smallest absolute Gasteiger partial charge is 0.350 e. The van der Waals surface area contributed by atoms with E-state index in [1.807, 2.05) is 32.0 Å². The van der Waals surface area contributed by atoms with Crippen molar-refractivity contribution in [2.75, 3.05) is 56.3 Å². The van der Waals surface area contributed by atoms with Crippen LogP contribution in [0.15, 0.2) is 23.9 Å². The fraction of sp³-hybridized carbons (Fsp3) is 0.500. The highest BCUT2D eigenvalue weighted by Gasteiger charge is 2.19. The molecule has 1 aliphatic rings. The van der Waals surface area contributed by atoms with Crippen molar-refractivity contribution in [1.82, 2.24) is 0 Å². The monoisotopic (exact) mass is 389 g/mol. The Labute approximate surface area is 165 Å². The lowest BCUT2D eigenvalue weighted by molar-refractivity contribution is -0.138. The molecule has 0 amide bonds. The number of rotatable bonds is 9. The SMILES string of the molecule is CCOC(=O)/C(C#N)=C/Nc1cc(OCC)c(N2CCOCC2)cc1OCC. The van der Waals surface area contributed by atoms with Gasteiger partial charge < -0.3 is 29.2 Å². The van der Waals surface area contributed by atoms with Crippen LogP contribution in [-0.4, -0.2) is 52.1 Å². The molecule has 0 aromatic heterocycles. The van der Waals surface area contributed by atoms with Crippen molar-refractivity contribution in [3.05, 3.63) is 23.9 Å². The molecule has 152 valence electrons. The minimum atomic E-state index is -0.676. The molecule has 0 bridgehead atoms. The number of nitriles is 1. The van der Waals surface area contributed by atoms with Crippen molar-refractivity contribution in [2.45, 2.75) is 20.8 Å². The molecule has 1 aromatic carbocycles. The standard InChI is InChI=1S/C20H27N3O5/c1-4-26-18-12-17(23-7-9-25-10-8-23)19(27-5-2)11-16(18)22-14-15(13-21)20(24)28-6-3/h11-12,14,22H,4-10H2,1-3H3/b15-14+. The van der Waals surface area contributed by atoms with Crippen molar-refractivity contribution in [2.24, 2.45) is 0 Å². The van der Waals surface area contributed by atoms with E-state index in [0.717, 1.165) is 18.8 Å². The van der Waals surface area contributed by atoms with Gasteiger partial charge in [0.15, 0.2) is 5.57 Å². The molecule has 1 heterocycles. The maximum Gasteiger partial charge on any atom is 0.350 e. The molecule has 1 fully saturated rings. The summed E-state index contributed by atoms with van der Waals surface area (Å²) in [5.74, 6) is 0.619. The second kappa shape index (κ2) is 11.0. The second-order valence-electron chi connectivity index (χ2n) is 5.82. The number of nitrogens with zero attached hydrogens (tertiary/aromatic N) is 2. The van der Waals surface area contributed by atoms with E-state index in [9.17, 15) is 10.1 Å². The Hall–Kier alpha value is -2.92. The number of carbonyl (C=O) groups is 1. The molecule has 0 unspecified atom stereocenters. The molecule has 8 nitrogen and oxygen atoms in total.